The Morgan fingerprint density at radius 2 is 1.37 bits per heavy atom. The summed E-state index contributed by atoms with van der Waals surface area (Å²) in [7, 11) is 0. The highest BCUT2D eigenvalue weighted by molar-refractivity contribution is 5.33. The van der Waals surface area contributed by atoms with Gasteiger partial charge in [0.25, 0.3) is 0 Å². The van der Waals surface area contributed by atoms with E-state index in [0.717, 1.165) is 25.3 Å². The van der Waals surface area contributed by atoms with E-state index in [2.05, 4.69) is 96.8 Å². The molecule has 3 aromatic carbocycles. The molecule has 30 heavy (non-hydrogen) atoms. The summed E-state index contributed by atoms with van der Waals surface area (Å²) in [5.41, 5.74) is 4.18. The minimum Gasteiger partial charge on any atom is -0.494 e. The van der Waals surface area contributed by atoms with Crippen LogP contribution in [-0.2, 0) is 0 Å². The SMILES string of the molecule is Cc1ccc(OCCCN2CCC(C(c3ccccc3)c3ccccc3)CC2)cc1. The van der Waals surface area contributed by atoms with Crippen molar-refractivity contribution in [3.63, 3.8) is 0 Å². The molecule has 0 radical (unpaired) electrons. The van der Waals surface area contributed by atoms with E-state index in [1.807, 2.05) is 0 Å². The Labute approximate surface area is 181 Å². The maximum Gasteiger partial charge on any atom is 0.119 e. The first-order chi connectivity index (χ1) is 14.8. The lowest BCUT2D eigenvalue weighted by Crippen LogP contribution is -2.36. The summed E-state index contributed by atoms with van der Waals surface area (Å²) in [5, 5.41) is 0. The van der Waals surface area contributed by atoms with Crippen LogP contribution in [-0.4, -0.2) is 31.1 Å². The number of ether oxygens (including phenoxy) is 1. The zero-order valence-electron chi connectivity index (χ0n) is 18.0. The number of benzene rings is 3. The topological polar surface area (TPSA) is 12.5 Å². The Kier molecular flexibility index (Phi) is 7.20. The van der Waals surface area contributed by atoms with Crippen LogP contribution in [0.4, 0.5) is 0 Å². The van der Waals surface area contributed by atoms with Gasteiger partial charge in [-0.25, -0.2) is 0 Å². The fourth-order valence-corrected chi connectivity index (χ4v) is 4.68. The zero-order valence-corrected chi connectivity index (χ0v) is 18.0. The normalized spacial score (nSPS) is 15.4. The van der Waals surface area contributed by atoms with Gasteiger partial charge in [-0.15, -0.1) is 0 Å². The summed E-state index contributed by atoms with van der Waals surface area (Å²) in [6.45, 7) is 6.39. The van der Waals surface area contributed by atoms with Crippen molar-refractivity contribution in [2.75, 3.05) is 26.2 Å². The van der Waals surface area contributed by atoms with E-state index < -0.39 is 0 Å². The number of hydrogen-bond donors (Lipinski definition) is 0. The molecule has 0 aliphatic carbocycles. The summed E-state index contributed by atoms with van der Waals surface area (Å²) < 4.78 is 5.90. The van der Waals surface area contributed by atoms with E-state index in [4.69, 9.17) is 4.74 Å². The molecule has 2 nitrogen and oxygen atoms in total. The number of aryl methyl sites for hydroxylation is 1. The number of hydrogen-bond acceptors (Lipinski definition) is 2. The maximum absolute atomic E-state index is 5.90. The van der Waals surface area contributed by atoms with Crippen molar-refractivity contribution in [1.82, 2.24) is 4.90 Å². The molecular weight excluding hydrogens is 366 g/mol. The molecule has 1 aliphatic rings. The van der Waals surface area contributed by atoms with Crippen molar-refractivity contribution < 1.29 is 4.74 Å². The van der Waals surface area contributed by atoms with E-state index in [-0.39, 0.29) is 0 Å². The number of rotatable bonds is 8. The van der Waals surface area contributed by atoms with Crippen LogP contribution < -0.4 is 4.74 Å². The largest absolute Gasteiger partial charge is 0.494 e. The Bertz CT molecular complexity index is 828. The van der Waals surface area contributed by atoms with Crippen LogP contribution in [0.1, 0.15) is 41.9 Å². The van der Waals surface area contributed by atoms with Crippen LogP contribution in [0, 0.1) is 12.8 Å². The van der Waals surface area contributed by atoms with Crippen LogP contribution in [0.2, 0.25) is 0 Å². The summed E-state index contributed by atoms with van der Waals surface area (Å²) in [6.07, 6.45) is 3.60. The third-order valence-electron chi connectivity index (χ3n) is 6.33. The molecule has 0 spiro atoms. The van der Waals surface area contributed by atoms with Crippen molar-refractivity contribution in [1.29, 1.82) is 0 Å². The summed E-state index contributed by atoms with van der Waals surface area (Å²) in [4.78, 5) is 2.61. The molecular formula is C28H33NO. The van der Waals surface area contributed by atoms with Crippen molar-refractivity contribution >= 4 is 0 Å². The summed E-state index contributed by atoms with van der Waals surface area (Å²) >= 11 is 0. The average molecular weight is 400 g/mol. The van der Waals surface area contributed by atoms with Crippen molar-refractivity contribution in [2.45, 2.75) is 32.1 Å². The molecule has 3 aromatic rings. The van der Waals surface area contributed by atoms with Gasteiger partial charge in [-0.3, -0.25) is 0 Å². The van der Waals surface area contributed by atoms with Crippen LogP contribution in [0.25, 0.3) is 0 Å². The monoisotopic (exact) mass is 399 g/mol. The molecule has 4 rings (SSSR count). The third-order valence-corrected chi connectivity index (χ3v) is 6.33. The molecule has 1 aliphatic heterocycles. The van der Waals surface area contributed by atoms with Gasteiger partial charge < -0.3 is 9.64 Å². The number of likely N-dealkylation sites (tertiary alicyclic amines) is 1. The second-order valence-electron chi connectivity index (χ2n) is 8.49. The minimum absolute atomic E-state index is 0.499. The lowest BCUT2D eigenvalue weighted by Gasteiger charge is -2.36. The fraction of sp³-hybridized carbons (Fsp3) is 0.357. The standard InChI is InChI=1S/C28H33NO/c1-23-13-15-27(16-14-23)30-22-8-19-29-20-17-26(18-21-29)28(24-9-4-2-5-10-24)25-11-6-3-7-12-25/h2-7,9-16,26,28H,8,17-22H2,1H3. The first kappa shape index (κ1) is 20.7. The van der Waals surface area contributed by atoms with E-state index in [1.54, 1.807) is 0 Å². The van der Waals surface area contributed by atoms with Crippen molar-refractivity contribution in [3.05, 3.63) is 102 Å². The van der Waals surface area contributed by atoms with Gasteiger partial charge in [-0.05, 0) is 68.5 Å². The van der Waals surface area contributed by atoms with Crippen molar-refractivity contribution in [3.8, 4) is 5.75 Å². The molecule has 0 N–H and O–H groups in total. The third kappa shape index (κ3) is 5.52. The zero-order chi connectivity index (χ0) is 20.6. The molecule has 1 fully saturated rings. The van der Waals surface area contributed by atoms with Gasteiger partial charge in [0.2, 0.25) is 0 Å². The molecule has 156 valence electrons. The minimum atomic E-state index is 0.499. The number of nitrogens with zero attached hydrogens (tertiary/aromatic N) is 1. The van der Waals surface area contributed by atoms with Gasteiger partial charge >= 0.3 is 0 Å². The molecule has 0 saturated carbocycles. The van der Waals surface area contributed by atoms with Gasteiger partial charge in [0.05, 0.1) is 6.61 Å². The molecule has 1 heterocycles. The second kappa shape index (κ2) is 10.4. The Hall–Kier alpha value is -2.58. The van der Waals surface area contributed by atoms with E-state index >= 15 is 0 Å². The second-order valence-corrected chi connectivity index (χ2v) is 8.49. The van der Waals surface area contributed by atoms with Gasteiger partial charge in [-0.2, -0.15) is 0 Å². The molecule has 1 saturated heterocycles. The predicted octanol–water partition coefficient (Wildman–Crippen LogP) is 6.31. The molecule has 0 unspecified atom stereocenters. The maximum atomic E-state index is 5.90. The fourth-order valence-electron chi connectivity index (χ4n) is 4.68. The summed E-state index contributed by atoms with van der Waals surface area (Å²) in [5.74, 6) is 2.18. The smallest absolute Gasteiger partial charge is 0.119 e. The molecule has 0 aromatic heterocycles. The van der Waals surface area contributed by atoms with E-state index in [1.165, 1.54) is 42.6 Å². The van der Waals surface area contributed by atoms with Crippen LogP contribution in [0.15, 0.2) is 84.9 Å². The van der Waals surface area contributed by atoms with Crippen LogP contribution >= 0.6 is 0 Å². The Morgan fingerprint density at radius 3 is 1.93 bits per heavy atom. The predicted molar refractivity (Wildman–Crippen MR) is 125 cm³/mol. The highest BCUT2D eigenvalue weighted by Gasteiger charge is 2.28. The van der Waals surface area contributed by atoms with Gasteiger partial charge in [-0.1, -0.05) is 78.4 Å². The highest BCUT2D eigenvalue weighted by atomic mass is 16.5. The van der Waals surface area contributed by atoms with Gasteiger partial charge in [0, 0.05) is 12.5 Å². The Morgan fingerprint density at radius 1 is 0.800 bits per heavy atom. The molecule has 0 atom stereocenters. The number of piperidine rings is 1. The lowest BCUT2D eigenvalue weighted by atomic mass is 9.76. The first-order valence-electron chi connectivity index (χ1n) is 11.3. The van der Waals surface area contributed by atoms with E-state index in [9.17, 15) is 0 Å². The molecule has 0 amide bonds. The van der Waals surface area contributed by atoms with Crippen molar-refractivity contribution in [2.24, 2.45) is 5.92 Å². The van der Waals surface area contributed by atoms with E-state index in [0.29, 0.717) is 11.8 Å². The lowest BCUT2D eigenvalue weighted by molar-refractivity contribution is 0.163. The molecule has 2 heteroatoms. The summed E-state index contributed by atoms with van der Waals surface area (Å²) in [6, 6.07) is 30.5. The first-order valence-corrected chi connectivity index (χ1v) is 11.3. The van der Waals surface area contributed by atoms with Gasteiger partial charge in [0.1, 0.15) is 5.75 Å². The van der Waals surface area contributed by atoms with Gasteiger partial charge in [0.15, 0.2) is 0 Å². The van der Waals surface area contributed by atoms with Crippen LogP contribution in [0.5, 0.6) is 5.75 Å². The Balaban J connectivity index is 1.28. The average Bonchev–Trinajstić information content (AvgIpc) is 2.80. The quantitative estimate of drug-likeness (QED) is 0.412. The molecule has 0 bridgehead atoms. The van der Waals surface area contributed by atoms with Crippen LogP contribution in [0.3, 0.4) is 0 Å². The highest BCUT2D eigenvalue weighted by Crippen LogP contribution is 2.37.